The zero-order valence-corrected chi connectivity index (χ0v) is 10.7. The molecule has 2 heterocycles. The number of nitrogens with zero attached hydrogens (tertiary/aromatic N) is 4. The summed E-state index contributed by atoms with van der Waals surface area (Å²) in [7, 11) is 1.96. The van der Waals surface area contributed by atoms with Crippen LogP contribution in [0.5, 0.6) is 0 Å². The number of rotatable bonds is 4. The van der Waals surface area contributed by atoms with Crippen LogP contribution >= 0.6 is 0 Å². The fourth-order valence-corrected chi connectivity index (χ4v) is 2.01. The van der Waals surface area contributed by atoms with E-state index in [-0.39, 0.29) is 0 Å². The molecular weight excluding hydrogens is 226 g/mol. The molecule has 0 spiro atoms. The Balaban J connectivity index is 2.04. The van der Waals surface area contributed by atoms with Crippen LogP contribution in [0, 0.1) is 0 Å². The minimum absolute atomic E-state index is 0.623. The van der Waals surface area contributed by atoms with Crippen molar-refractivity contribution in [3.05, 3.63) is 24.3 Å². The van der Waals surface area contributed by atoms with Gasteiger partial charge in [0.25, 0.3) is 0 Å². The zero-order valence-electron chi connectivity index (χ0n) is 10.7. The summed E-state index contributed by atoms with van der Waals surface area (Å²) in [5.74, 6) is 2.29. The lowest BCUT2D eigenvalue weighted by Crippen LogP contribution is -2.05. The van der Waals surface area contributed by atoms with Crippen LogP contribution in [0.2, 0.25) is 0 Å². The number of imidazole rings is 1. The first-order chi connectivity index (χ1) is 8.78. The van der Waals surface area contributed by atoms with E-state index in [0.717, 1.165) is 29.6 Å². The third-order valence-electron chi connectivity index (χ3n) is 3.15. The molecule has 2 aromatic heterocycles. The quantitative estimate of drug-likeness (QED) is 0.894. The zero-order chi connectivity index (χ0) is 12.5. The smallest absolute Gasteiger partial charge is 0.180 e. The molecule has 0 aliphatic heterocycles. The monoisotopic (exact) mass is 243 g/mol. The maximum Gasteiger partial charge on any atom is 0.180 e. The number of aryl methyl sites for hydroxylation is 1. The van der Waals surface area contributed by atoms with Gasteiger partial charge in [-0.2, -0.15) is 0 Å². The molecule has 1 aliphatic rings. The summed E-state index contributed by atoms with van der Waals surface area (Å²) >= 11 is 0. The molecule has 0 radical (unpaired) electrons. The van der Waals surface area contributed by atoms with Gasteiger partial charge in [-0.1, -0.05) is 0 Å². The van der Waals surface area contributed by atoms with Gasteiger partial charge in [0.2, 0.25) is 0 Å². The van der Waals surface area contributed by atoms with Gasteiger partial charge in [-0.05, 0) is 19.8 Å². The van der Waals surface area contributed by atoms with Crippen LogP contribution in [0.4, 0.5) is 5.82 Å². The predicted octanol–water partition coefficient (Wildman–Crippen LogP) is 2.19. The first-order valence-corrected chi connectivity index (χ1v) is 6.37. The lowest BCUT2D eigenvalue weighted by atomic mass is 10.2. The van der Waals surface area contributed by atoms with E-state index < -0.39 is 0 Å². The van der Waals surface area contributed by atoms with E-state index in [1.54, 1.807) is 6.33 Å². The third kappa shape index (κ3) is 2.08. The average molecular weight is 243 g/mol. The Hall–Kier alpha value is -1.91. The van der Waals surface area contributed by atoms with Crippen molar-refractivity contribution in [3.63, 3.8) is 0 Å². The number of aromatic nitrogens is 4. The van der Waals surface area contributed by atoms with Gasteiger partial charge in [-0.15, -0.1) is 0 Å². The summed E-state index contributed by atoms with van der Waals surface area (Å²) in [5.41, 5.74) is 2.11. The van der Waals surface area contributed by atoms with E-state index in [4.69, 9.17) is 0 Å². The largest absolute Gasteiger partial charge is 0.370 e. The molecule has 2 aromatic rings. The molecule has 1 fully saturated rings. The van der Waals surface area contributed by atoms with E-state index in [0.29, 0.717) is 5.92 Å². The van der Waals surface area contributed by atoms with Gasteiger partial charge in [-0.25, -0.2) is 15.0 Å². The highest BCUT2D eigenvalue weighted by molar-refractivity contribution is 5.53. The summed E-state index contributed by atoms with van der Waals surface area (Å²) in [5, 5.41) is 3.27. The molecule has 0 amide bonds. The fraction of sp³-hybridized carbons (Fsp3) is 0.462. The van der Waals surface area contributed by atoms with Gasteiger partial charge < -0.3 is 9.88 Å². The Bertz CT molecular complexity index is 556. The van der Waals surface area contributed by atoms with Crippen molar-refractivity contribution in [1.29, 1.82) is 0 Å². The number of hydrogen-bond acceptors (Lipinski definition) is 4. The molecule has 5 heteroatoms. The van der Waals surface area contributed by atoms with Crippen molar-refractivity contribution < 1.29 is 0 Å². The average Bonchev–Trinajstić information content (AvgIpc) is 3.12. The summed E-state index contributed by atoms with van der Waals surface area (Å²) < 4.78 is 1.95. The minimum Gasteiger partial charge on any atom is -0.370 e. The Morgan fingerprint density at radius 3 is 2.83 bits per heavy atom. The molecule has 0 saturated heterocycles. The highest BCUT2D eigenvalue weighted by atomic mass is 15.1. The lowest BCUT2D eigenvalue weighted by Gasteiger charge is -2.08. The third-order valence-corrected chi connectivity index (χ3v) is 3.15. The molecule has 0 unspecified atom stereocenters. The van der Waals surface area contributed by atoms with Crippen molar-refractivity contribution >= 4 is 5.82 Å². The molecule has 1 saturated carbocycles. The van der Waals surface area contributed by atoms with Crippen molar-refractivity contribution in [2.45, 2.75) is 25.7 Å². The number of anilines is 1. The second-order valence-corrected chi connectivity index (χ2v) is 4.70. The van der Waals surface area contributed by atoms with Crippen LogP contribution < -0.4 is 5.32 Å². The van der Waals surface area contributed by atoms with Crippen molar-refractivity contribution in [2.75, 3.05) is 11.9 Å². The van der Waals surface area contributed by atoms with Crippen molar-refractivity contribution in [3.8, 4) is 11.5 Å². The Labute approximate surface area is 106 Å². The lowest BCUT2D eigenvalue weighted by molar-refractivity contribution is 0.898. The predicted molar refractivity (Wildman–Crippen MR) is 70.4 cm³/mol. The van der Waals surface area contributed by atoms with Gasteiger partial charge >= 0.3 is 0 Å². The van der Waals surface area contributed by atoms with Gasteiger partial charge in [-0.3, -0.25) is 0 Å². The molecule has 5 nitrogen and oxygen atoms in total. The second kappa shape index (κ2) is 4.40. The van der Waals surface area contributed by atoms with Crippen LogP contribution in [0.15, 0.2) is 18.6 Å². The molecule has 94 valence electrons. The molecule has 18 heavy (non-hydrogen) atoms. The van der Waals surface area contributed by atoms with E-state index in [9.17, 15) is 0 Å². The van der Waals surface area contributed by atoms with Crippen LogP contribution in [0.25, 0.3) is 11.5 Å². The Morgan fingerprint density at radius 2 is 2.22 bits per heavy atom. The molecule has 0 atom stereocenters. The molecular formula is C13H17N5. The minimum atomic E-state index is 0.623. The molecule has 1 N–H and O–H groups in total. The van der Waals surface area contributed by atoms with Gasteiger partial charge in [0.05, 0.1) is 12.5 Å². The van der Waals surface area contributed by atoms with Crippen LogP contribution in [0.3, 0.4) is 0 Å². The first kappa shape index (κ1) is 11.2. The molecule has 0 bridgehead atoms. The van der Waals surface area contributed by atoms with E-state index in [1.165, 1.54) is 12.8 Å². The van der Waals surface area contributed by atoms with Crippen molar-refractivity contribution in [1.82, 2.24) is 19.5 Å². The topological polar surface area (TPSA) is 55.6 Å². The maximum atomic E-state index is 4.67. The maximum absolute atomic E-state index is 4.67. The normalized spacial score (nSPS) is 14.8. The number of hydrogen-bond donors (Lipinski definition) is 1. The highest BCUT2D eigenvalue weighted by Gasteiger charge is 2.26. The van der Waals surface area contributed by atoms with E-state index >= 15 is 0 Å². The Kier molecular flexibility index (Phi) is 2.74. The highest BCUT2D eigenvalue weighted by Crippen LogP contribution is 2.40. The summed E-state index contributed by atoms with van der Waals surface area (Å²) in [6, 6.07) is 2.07. The van der Waals surface area contributed by atoms with E-state index in [2.05, 4.69) is 33.3 Å². The molecule has 3 rings (SSSR count). The molecule has 0 aromatic carbocycles. The number of nitrogens with one attached hydrogen (secondary N) is 1. The Morgan fingerprint density at radius 1 is 1.39 bits per heavy atom. The summed E-state index contributed by atoms with van der Waals surface area (Å²) in [6.45, 7) is 2.94. The van der Waals surface area contributed by atoms with Crippen molar-refractivity contribution in [2.24, 2.45) is 7.05 Å². The van der Waals surface area contributed by atoms with Gasteiger partial charge in [0.15, 0.2) is 5.82 Å². The summed E-state index contributed by atoms with van der Waals surface area (Å²) in [4.78, 5) is 13.3. The fourth-order valence-electron chi connectivity index (χ4n) is 2.01. The SMILES string of the molecule is CCNc1cc(C2CC2)nc(-c2cncn2C)n1. The van der Waals surface area contributed by atoms with Gasteiger partial charge in [0, 0.05) is 31.3 Å². The standard InChI is InChI=1S/C13H17N5/c1-3-15-12-6-10(9-4-5-9)16-13(17-12)11-7-14-8-18(11)2/h6-9H,3-5H2,1-2H3,(H,15,16,17). The van der Waals surface area contributed by atoms with E-state index in [1.807, 2.05) is 17.8 Å². The van der Waals surface area contributed by atoms with Crippen LogP contribution in [-0.4, -0.2) is 26.1 Å². The van der Waals surface area contributed by atoms with Gasteiger partial charge in [0.1, 0.15) is 11.5 Å². The summed E-state index contributed by atoms with van der Waals surface area (Å²) in [6.07, 6.45) is 6.07. The van der Waals surface area contributed by atoms with Crippen LogP contribution in [-0.2, 0) is 7.05 Å². The molecule has 1 aliphatic carbocycles. The first-order valence-electron chi connectivity index (χ1n) is 6.37. The van der Waals surface area contributed by atoms with Crippen LogP contribution in [0.1, 0.15) is 31.4 Å². The second-order valence-electron chi connectivity index (χ2n) is 4.70.